The summed E-state index contributed by atoms with van der Waals surface area (Å²) in [6.45, 7) is 2.72. The van der Waals surface area contributed by atoms with Gasteiger partial charge in [0.2, 0.25) is 0 Å². The molecule has 0 spiro atoms. The number of carbonyl (C=O) groups is 1. The maximum atomic E-state index is 13.4. The van der Waals surface area contributed by atoms with Crippen LogP contribution in [0.3, 0.4) is 0 Å². The molecule has 0 bridgehead atoms. The molecule has 2 rings (SSSR count). The summed E-state index contributed by atoms with van der Waals surface area (Å²) in [5.74, 6) is -0.405. The molecule has 0 saturated carbocycles. The van der Waals surface area contributed by atoms with E-state index in [0.717, 1.165) is 11.3 Å². The van der Waals surface area contributed by atoms with E-state index in [-0.39, 0.29) is 24.8 Å². The molecule has 2 aromatic rings. The van der Waals surface area contributed by atoms with Crippen LogP contribution >= 0.6 is 0 Å². The Labute approximate surface area is 140 Å². The molecule has 0 unspecified atom stereocenters. The van der Waals surface area contributed by atoms with Gasteiger partial charge in [-0.1, -0.05) is 18.2 Å². The van der Waals surface area contributed by atoms with Crippen LogP contribution in [0.4, 0.5) is 10.1 Å². The van der Waals surface area contributed by atoms with Gasteiger partial charge in [-0.25, -0.2) is 4.39 Å². The van der Waals surface area contributed by atoms with Gasteiger partial charge < -0.3 is 20.5 Å². The van der Waals surface area contributed by atoms with Crippen molar-refractivity contribution in [2.24, 2.45) is 0 Å². The molecule has 24 heavy (non-hydrogen) atoms. The molecule has 0 atom stereocenters. The van der Waals surface area contributed by atoms with Crippen molar-refractivity contribution in [3.05, 3.63) is 59.4 Å². The van der Waals surface area contributed by atoms with E-state index in [1.54, 1.807) is 30.3 Å². The fraction of sp³-hybridized carbons (Fsp3) is 0.278. The number of aliphatic hydroxyl groups excluding tert-OH is 1. The highest BCUT2D eigenvalue weighted by Crippen LogP contribution is 2.19. The Hall–Kier alpha value is -2.60. The third-order valence-electron chi connectivity index (χ3n) is 3.49. The van der Waals surface area contributed by atoms with Crippen LogP contribution < -0.4 is 15.4 Å². The normalized spacial score (nSPS) is 10.3. The Balaban J connectivity index is 1.91. The molecule has 0 aliphatic rings. The van der Waals surface area contributed by atoms with E-state index >= 15 is 0 Å². The highest BCUT2D eigenvalue weighted by atomic mass is 19.1. The van der Waals surface area contributed by atoms with Gasteiger partial charge in [0.05, 0.1) is 6.61 Å². The van der Waals surface area contributed by atoms with Crippen molar-refractivity contribution in [3.8, 4) is 5.75 Å². The first-order valence-corrected chi connectivity index (χ1v) is 7.73. The minimum absolute atomic E-state index is 0.101. The minimum Gasteiger partial charge on any atom is -0.489 e. The number of halogens is 1. The topological polar surface area (TPSA) is 70.6 Å². The fourth-order valence-corrected chi connectivity index (χ4v) is 2.25. The molecule has 0 fully saturated rings. The molecule has 5 nitrogen and oxygen atoms in total. The molecule has 128 valence electrons. The quantitative estimate of drug-likeness (QED) is 0.649. The summed E-state index contributed by atoms with van der Waals surface area (Å²) < 4.78 is 18.8. The molecule has 0 aromatic heterocycles. The molecule has 0 aliphatic carbocycles. The molecule has 6 heteroatoms. The Morgan fingerprint density at radius 2 is 1.96 bits per heavy atom. The second-order valence-electron chi connectivity index (χ2n) is 5.16. The molecule has 0 aliphatic heterocycles. The van der Waals surface area contributed by atoms with Crippen LogP contribution in [-0.4, -0.2) is 37.3 Å². The largest absolute Gasteiger partial charge is 0.489 e. The molecule has 1 amide bonds. The smallest absolute Gasteiger partial charge is 0.251 e. The lowest BCUT2D eigenvalue weighted by Gasteiger charge is -2.14. The zero-order chi connectivity index (χ0) is 17.4. The van der Waals surface area contributed by atoms with Crippen LogP contribution in [0, 0.1) is 12.7 Å². The van der Waals surface area contributed by atoms with Gasteiger partial charge in [-0.2, -0.15) is 0 Å². The van der Waals surface area contributed by atoms with Gasteiger partial charge in [-0.15, -0.1) is 0 Å². The predicted octanol–water partition coefficient (Wildman–Crippen LogP) is 2.35. The van der Waals surface area contributed by atoms with Gasteiger partial charge >= 0.3 is 0 Å². The summed E-state index contributed by atoms with van der Waals surface area (Å²) in [6.07, 6.45) is 0. The van der Waals surface area contributed by atoms with Gasteiger partial charge in [-0.05, 0) is 36.8 Å². The number of hydrogen-bond acceptors (Lipinski definition) is 4. The molecular weight excluding hydrogens is 311 g/mol. The average molecular weight is 332 g/mol. The van der Waals surface area contributed by atoms with Gasteiger partial charge in [-0.3, -0.25) is 4.79 Å². The fourth-order valence-electron chi connectivity index (χ4n) is 2.25. The van der Waals surface area contributed by atoms with Crippen molar-refractivity contribution in [2.45, 2.75) is 6.92 Å². The van der Waals surface area contributed by atoms with E-state index < -0.39 is 5.82 Å². The first-order chi connectivity index (χ1) is 11.6. The number of anilines is 1. The summed E-state index contributed by atoms with van der Waals surface area (Å²) in [7, 11) is 0. The van der Waals surface area contributed by atoms with Crippen LogP contribution in [-0.2, 0) is 0 Å². The third-order valence-corrected chi connectivity index (χ3v) is 3.49. The number of ether oxygens (including phenoxy) is 1. The molecule has 2 aromatic carbocycles. The molecule has 0 saturated heterocycles. The first kappa shape index (κ1) is 17.7. The summed E-state index contributed by atoms with van der Waals surface area (Å²) in [5, 5.41) is 14.6. The van der Waals surface area contributed by atoms with E-state index in [0.29, 0.717) is 18.7 Å². The maximum absolute atomic E-state index is 13.4. The maximum Gasteiger partial charge on any atom is 0.251 e. The second kappa shape index (κ2) is 8.88. The van der Waals surface area contributed by atoms with Gasteiger partial charge in [0.25, 0.3) is 5.91 Å². The third kappa shape index (κ3) is 4.70. The lowest BCUT2D eigenvalue weighted by atomic mass is 10.1. The van der Waals surface area contributed by atoms with E-state index in [1.165, 1.54) is 6.07 Å². The molecule has 3 N–H and O–H groups in total. The lowest BCUT2D eigenvalue weighted by molar-refractivity contribution is 0.0944. The van der Waals surface area contributed by atoms with E-state index in [9.17, 15) is 9.18 Å². The Bertz CT molecular complexity index is 692. The molecule has 0 radical (unpaired) electrons. The predicted molar refractivity (Wildman–Crippen MR) is 91.0 cm³/mol. The number of rotatable bonds is 8. The average Bonchev–Trinajstić information content (AvgIpc) is 2.59. The molecule has 0 heterocycles. The van der Waals surface area contributed by atoms with Crippen molar-refractivity contribution in [3.63, 3.8) is 0 Å². The molecular formula is C18H21FN2O3. The van der Waals surface area contributed by atoms with Gasteiger partial charge in [0.1, 0.15) is 6.61 Å². The summed E-state index contributed by atoms with van der Waals surface area (Å²) in [4.78, 5) is 12.0. The summed E-state index contributed by atoms with van der Waals surface area (Å²) in [6, 6.07) is 11.6. The van der Waals surface area contributed by atoms with Gasteiger partial charge in [0.15, 0.2) is 11.6 Å². The zero-order valence-corrected chi connectivity index (χ0v) is 13.5. The van der Waals surface area contributed by atoms with E-state index in [4.69, 9.17) is 9.84 Å². The number of benzene rings is 2. The summed E-state index contributed by atoms with van der Waals surface area (Å²) in [5.41, 5.74) is 2.16. The van der Waals surface area contributed by atoms with Crippen LogP contribution in [0.5, 0.6) is 5.75 Å². The van der Waals surface area contributed by atoms with Crippen molar-refractivity contribution in [1.29, 1.82) is 0 Å². The number of aliphatic hydroxyl groups is 1. The Morgan fingerprint density at radius 3 is 2.71 bits per heavy atom. The first-order valence-electron chi connectivity index (χ1n) is 7.73. The minimum atomic E-state index is -0.392. The highest BCUT2D eigenvalue weighted by molar-refractivity contribution is 5.97. The van der Waals surface area contributed by atoms with Gasteiger partial charge in [0, 0.05) is 24.3 Å². The van der Waals surface area contributed by atoms with Crippen LogP contribution in [0.15, 0.2) is 42.5 Å². The van der Waals surface area contributed by atoms with Crippen molar-refractivity contribution in [1.82, 2.24) is 5.32 Å². The van der Waals surface area contributed by atoms with E-state index in [1.807, 2.05) is 13.0 Å². The summed E-state index contributed by atoms with van der Waals surface area (Å²) >= 11 is 0. The number of amides is 1. The monoisotopic (exact) mass is 332 g/mol. The lowest BCUT2D eigenvalue weighted by Crippen LogP contribution is -2.27. The van der Waals surface area contributed by atoms with E-state index in [2.05, 4.69) is 10.6 Å². The van der Waals surface area contributed by atoms with Crippen molar-refractivity contribution < 1.29 is 19.0 Å². The Kier molecular flexibility index (Phi) is 6.57. The highest BCUT2D eigenvalue weighted by Gasteiger charge is 2.11. The number of nitrogens with one attached hydrogen (secondary N) is 2. The standard InChI is InChI=1S/C18H21FN2O3/c1-13-14(18(23)21-9-11-22)5-4-7-16(13)20-10-12-24-17-8-3-2-6-15(17)19/h2-8,20,22H,9-12H2,1H3,(H,21,23). The van der Waals surface area contributed by atoms with Crippen LogP contribution in [0.2, 0.25) is 0 Å². The number of carbonyl (C=O) groups excluding carboxylic acids is 1. The van der Waals surface area contributed by atoms with Crippen molar-refractivity contribution >= 4 is 11.6 Å². The second-order valence-corrected chi connectivity index (χ2v) is 5.16. The number of para-hydroxylation sites is 1. The Morgan fingerprint density at radius 1 is 1.17 bits per heavy atom. The zero-order valence-electron chi connectivity index (χ0n) is 13.5. The van der Waals surface area contributed by atoms with Crippen LogP contribution in [0.1, 0.15) is 15.9 Å². The number of hydrogen-bond donors (Lipinski definition) is 3. The SMILES string of the molecule is Cc1c(NCCOc2ccccc2F)cccc1C(=O)NCCO. The van der Waals surface area contributed by atoms with Crippen LogP contribution in [0.25, 0.3) is 0 Å². The van der Waals surface area contributed by atoms with Crippen molar-refractivity contribution in [2.75, 3.05) is 31.6 Å².